The third-order valence-electron chi connectivity index (χ3n) is 4.27. The summed E-state index contributed by atoms with van der Waals surface area (Å²) in [5, 5.41) is 23.2. The number of nitrogens with zero attached hydrogens (tertiary/aromatic N) is 5. The number of hydrogen-bond donors (Lipinski definition) is 1. The smallest absolute Gasteiger partial charge is 0.339 e. The second-order valence-electron chi connectivity index (χ2n) is 8.85. The summed E-state index contributed by atoms with van der Waals surface area (Å²) in [5.74, 6) is -1.13. The Balaban J connectivity index is 2.38. The number of hydrogen-bond acceptors (Lipinski definition) is 7. The molecule has 0 aliphatic heterocycles. The zero-order chi connectivity index (χ0) is 22.4. The number of ether oxygens (including phenoxy) is 1. The Labute approximate surface area is 176 Å². The van der Waals surface area contributed by atoms with Gasteiger partial charge < -0.3 is 10.1 Å². The lowest BCUT2D eigenvalue weighted by atomic mass is 9.82. The molecule has 9 heteroatoms. The zero-order valence-corrected chi connectivity index (χ0v) is 18.0. The molecule has 1 N–H and O–H groups in total. The number of nitriles is 1. The Morgan fingerprint density at radius 3 is 2.47 bits per heavy atom. The highest BCUT2D eigenvalue weighted by Crippen LogP contribution is 2.33. The summed E-state index contributed by atoms with van der Waals surface area (Å²) >= 11 is 0. The summed E-state index contributed by atoms with van der Waals surface area (Å²) in [7, 11) is 0. The highest BCUT2D eigenvalue weighted by Gasteiger charge is 2.37. The van der Waals surface area contributed by atoms with E-state index in [1.54, 1.807) is 30.3 Å². The molecule has 0 saturated heterocycles. The number of tetrazole rings is 1. The van der Waals surface area contributed by atoms with Gasteiger partial charge in [-0.2, -0.15) is 5.26 Å². The van der Waals surface area contributed by atoms with Crippen molar-refractivity contribution in [2.45, 2.75) is 59.1 Å². The van der Waals surface area contributed by atoms with Gasteiger partial charge in [0.25, 0.3) is 5.91 Å². The first kappa shape index (κ1) is 23.0. The van der Waals surface area contributed by atoms with Crippen LogP contribution in [0.3, 0.4) is 0 Å². The van der Waals surface area contributed by atoms with E-state index < -0.39 is 23.5 Å². The summed E-state index contributed by atoms with van der Waals surface area (Å²) in [6.45, 7) is 10.3. The number of nitrogens with one attached hydrogen (secondary N) is 1. The molecule has 160 valence electrons. The predicted octanol–water partition coefficient (Wildman–Crippen LogP) is 2.77. The molecule has 1 heterocycles. The first-order valence-corrected chi connectivity index (χ1v) is 9.74. The van der Waals surface area contributed by atoms with E-state index in [9.17, 15) is 9.59 Å². The number of rotatable bonds is 8. The highest BCUT2D eigenvalue weighted by molar-refractivity contribution is 5.92. The van der Waals surface area contributed by atoms with E-state index >= 15 is 0 Å². The number of esters is 1. The molecule has 0 radical (unpaired) electrons. The molecular weight excluding hydrogens is 384 g/mol. The van der Waals surface area contributed by atoms with Crippen LogP contribution in [0.5, 0.6) is 0 Å². The molecule has 2 rings (SSSR count). The number of carbonyl (C=O) groups is 2. The van der Waals surface area contributed by atoms with Gasteiger partial charge in [0.15, 0.2) is 0 Å². The van der Waals surface area contributed by atoms with Gasteiger partial charge in [0, 0.05) is 6.54 Å². The first-order chi connectivity index (χ1) is 14.0. The molecule has 1 unspecified atom stereocenters. The van der Waals surface area contributed by atoms with Gasteiger partial charge in [-0.1, -0.05) is 39.0 Å². The van der Waals surface area contributed by atoms with Gasteiger partial charge >= 0.3 is 5.97 Å². The molecule has 1 aromatic carbocycles. The first-order valence-electron chi connectivity index (χ1n) is 9.74. The zero-order valence-electron chi connectivity index (χ0n) is 18.0. The minimum Gasteiger partial charge on any atom is -0.440 e. The SMILES string of the molecule is CC(C)(C)CC(C)(C)n1nnnc1C(OC(=O)c1ccccc1)C(=O)NCCC#N. The monoisotopic (exact) mass is 412 g/mol. The standard InChI is InChI=1S/C21H28N6O3/c1-20(2,3)14-21(4,5)27-17(24-25-26-27)16(18(28)23-13-9-12-22)30-19(29)15-10-7-6-8-11-15/h6-8,10-11,16H,9,13-14H2,1-5H3,(H,23,28). The molecule has 1 atom stereocenters. The van der Waals surface area contributed by atoms with Crippen molar-refractivity contribution in [3.8, 4) is 6.07 Å². The molecule has 0 bridgehead atoms. The van der Waals surface area contributed by atoms with Crippen LogP contribution in [0.1, 0.15) is 69.7 Å². The van der Waals surface area contributed by atoms with Crippen LogP contribution in [0.15, 0.2) is 30.3 Å². The van der Waals surface area contributed by atoms with Crippen LogP contribution in [0.25, 0.3) is 0 Å². The lowest BCUT2D eigenvalue weighted by molar-refractivity contribution is -0.131. The van der Waals surface area contributed by atoms with E-state index in [1.807, 2.05) is 19.9 Å². The molecular formula is C21H28N6O3. The molecule has 0 spiro atoms. The van der Waals surface area contributed by atoms with Gasteiger partial charge in [0.05, 0.1) is 23.6 Å². The number of amides is 1. The van der Waals surface area contributed by atoms with E-state index in [0.29, 0.717) is 12.0 Å². The molecule has 0 aliphatic carbocycles. The fraction of sp³-hybridized carbons (Fsp3) is 0.524. The van der Waals surface area contributed by atoms with Crippen molar-refractivity contribution in [1.29, 1.82) is 5.26 Å². The minimum absolute atomic E-state index is 0.0298. The van der Waals surface area contributed by atoms with Crippen molar-refractivity contribution in [3.63, 3.8) is 0 Å². The molecule has 0 saturated carbocycles. The summed E-state index contributed by atoms with van der Waals surface area (Å²) in [4.78, 5) is 25.5. The Morgan fingerprint density at radius 1 is 1.20 bits per heavy atom. The molecule has 9 nitrogen and oxygen atoms in total. The van der Waals surface area contributed by atoms with Crippen LogP contribution < -0.4 is 5.32 Å². The average Bonchev–Trinajstić information content (AvgIpc) is 3.15. The van der Waals surface area contributed by atoms with Crippen LogP contribution in [0.2, 0.25) is 0 Å². The lowest BCUT2D eigenvalue weighted by Gasteiger charge is -2.33. The average molecular weight is 412 g/mol. The van der Waals surface area contributed by atoms with Crippen LogP contribution in [0, 0.1) is 16.7 Å². The Bertz CT molecular complexity index is 909. The van der Waals surface area contributed by atoms with E-state index in [-0.39, 0.29) is 24.2 Å². The molecule has 2 aromatic rings. The van der Waals surface area contributed by atoms with Gasteiger partial charge in [0.2, 0.25) is 11.9 Å². The maximum atomic E-state index is 12.8. The summed E-state index contributed by atoms with van der Waals surface area (Å²) in [6.07, 6.45) is -0.510. The van der Waals surface area contributed by atoms with Gasteiger partial charge in [-0.3, -0.25) is 4.79 Å². The van der Waals surface area contributed by atoms with E-state index in [2.05, 4.69) is 41.6 Å². The Morgan fingerprint density at radius 2 is 1.87 bits per heavy atom. The van der Waals surface area contributed by atoms with Crippen LogP contribution >= 0.6 is 0 Å². The van der Waals surface area contributed by atoms with Crippen molar-refractivity contribution in [3.05, 3.63) is 41.7 Å². The van der Waals surface area contributed by atoms with E-state index in [0.717, 1.165) is 0 Å². The largest absolute Gasteiger partial charge is 0.440 e. The molecule has 1 amide bonds. The van der Waals surface area contributed by atoms with E-state index in [1.165, 1.54) is 4.68 Å². The number of carbonyl (C=O) groups excluding carboxylic acids is 2. The van der Waals surface area contributed by atoms with E-state index in [4.69, 9.17) is 10.00 Å². The van der Waals surface area contributed by atoms with Gasteiger partial charge in [0.1, 0.15) is 0 Å². The molecule has 0 fully saturated rings. The van der Waals surface area contributed by atoms with Crippen molar-refractivity contribution >= 4 is 11.9 Å². The summed E-state index contributed by atoms with van der Waals surface area (Å²) in [5.41, 5.74) is -0.264. The quantitative estimate of drug-likeness (QED) is 0.522. The molecule has 30 heavy (non-hydrogen) atoms. The maximum absolute atomic E-state index is 12.8. The Hall–Kier alpha value is -3.28. The normalized spacial score (nSPS) is 12.7. The maximum Gasteiger partial charge on any atom is 0.339 e. The topological polar surface area (TPSA) is 123 Å². The fourth-order valence-electron chi connectivity index (χ4n) is 3.47. The lowest BCUT2D eigenvalue weighted by Crippen LogP contribution is -2.39. The second-order valence-corrected chi connectivity index (χ2v) is 8.85. The predicted molar refractivity (Wildman–Crippen MR) is 109 cm³/mol. The van der Waals surface area contributed by atoms with Crippen LogP contribution in [-0.2, 0) is 15.1 Å². The van der Waals surface area contributed by atoms with Gasteiger partial charge in [-0.25, -0.2) is 9.48 Å². The van der Waals surface area contributed by atoms with Gasteiger partial charge in [-0.05, 0) is 48.2 Å². The summed E-state index contributed by atoms with van der Waals surface area (Å²) in [6, 6.07) is 10.3. The fourth-order valence-corrected chi connectivity index (χ4v) is 3.47. The van der Waals surface area contributed by atoms with Gasteiger partial charge in [-0.15, -0.1) is 5.10 Å². The minimum atomic E-state index is -1.36. The number of benzene rings is 1. The number of aromatic nitrogens is 4. The van der Waals surface area contributed by atoms with Crippen LogP contribution in [0.4, 0.5) is 0 Å². The van der Waals surface area contributed by atoms with Crippen LogP contribution in [-0.4, -0.2) is 38.6 Å². The third-order valence-corrected chi connectivity index (χ3v) is 4.27. The molecule has 0 aliphatic rings. The van der Waals surface area contributed by atoms with Crippen molar-refractivity contribution < 1.29 is 14.3 Å². The molecule has 1 aromatic heterocycles. The highest BCUT2D eigenvalue weighted by atomic mass is 16.5. The van der Waals surface area contributed by atoms with Crippen molar-refractivity contribution in [2.75, 3.05) is 6.54 Å². The second kappa shape index (κ2) is 9.48. The Kier molecular flexibility index (Phi) is 7.27. The van der Waals surface area contributed by atoms with Crippen molar-refractivity contribution in [1.82, 2.24) is 25.5 Å². The third kappa shape index (κ3) is 6.11. The summed E-state index contributed by atoms with van der Waals surface area (Å²) < 4.78 is 7.07. The van der Waals surface area contributed by atoms with Crippen molar-refractivity contribution in [2.24, 2.45) is 5.41 Å².